The number of esters is 1. The van der Waals surface area contributed by atoms with Crippen molar-refractivity contribution in [1.29, 1.82) is 0 Å². The Morgan fingerprint density at radius 3 is 2.50 bits per heavy atom. The van der Waals surface area contributed by atoms with Crippen molar-refractivity contribution in [3.05, 3.63) is 27.4 Å². The number of halogens is 2. The van der Waals surface area contributed by atoms with E-state index in [9.17, 15) is 4.79 Å². The smallest absolute Gasteiger partial charge is 0.354 e. The Balaban J connectivity index is 2.80. The number of rotatable bonds is 2. The van der Waals surface area contributed by atoms with Gasteiger partial charge < -0.3 is 14.5 Å². The lowest BCUT2D eigenvalue weighted by Crippen LogP contribution is -2.02. The van der Waals surface area contributed by atoms with Crippen molar-refractivity contribution in [2.75, 3.05) is 14.2 Å². The lowest BCUT2D eigenvalue weighted by molar-refractivity contribution is 0.0594. The third-order valence-electron chi connectivity index (χ3n) is 2.79. The van der Waals surface area contributed by atoms with Crippen LogP contribution in [-0.2, 0) is 4.74 Å². The van der Waals surface area contributed by atoms with Gasteiger partial charge in [-0.2, -0.15) is 0 Å². The molecule has 0 atom stereocenters. The topological polar surface area (TPSA) is 51.3 Å². The maximum Gasteiger partial charge on any atom is 0.354 e. The first-order chi connectivity index (χ1) is 8.51. The number of nitrogens with one attached hydrogen (secondary N) is 1. The Morgan fingerprint density at radius 1 is 1.28 bits per heavy atom. The molecule has 0 saturated carbocycles. The number of aromatic nitrogens is 1. The molecule has 2 rings (SSSR count). The molecule has 0 aliphatic carbocycles. The molecule has 0 amide bonds. The van der Waals surface area contributed by atoms with Gasteiger partial charge in [0, 0.05) is 11.5 Å². The highest BCUT2D eigenvalue weighted by atomic mass is 35.5. The van der Waals surface area contributed by atoms with Gasteiger partial charge >= 0.3 is 5.97 Å². The molecule has 0 radical (unpaired) electrons. The molecule has 0 aliphatic rings. The largest absolute Gasteiger partial charge is 0.495 e. The summed E-state index contributed by atoms with van der Waals surface area (Å²) in [5.74, 6) is 0.00156. The summed E-state index contributed by atoms with van der Waals surface area (Å²) >= 11 is 12.3. The number of fused-ring (bicyclic) bond motifs is 1. The monoisotopic (exact) mass is 287 g/mol. The summed E-state index contributed by atoms with van der Waals surface area (Å²) in [5.41, 5.74) is 1.74. The van der Waals surface area contributed by atoms with E-state index in [1.165, 1.54) is 14.2 Å². The van der Waals surface area contributed by atoms with E-state index >= 15 is 0 Å². The van der Waals surface area contributed by atoms with E-state index in [4.69, 9.17) is 32.7 Å². The number of carbonyl (C=O) groups is 1. The van der Waals surface area contributed by atoms with Gasteiger partial charge in [0.05, 0.1) is 24.8 Å². The number of H-pyrrole nitrogens is 1. The van der Waals surface area contributed by atoms with Crippen molar-refractivity contribution in [1.82, 2.24) is 4.98 Å². The highest BCUT2D eigenvalue weighted by molar-refractivity contribution is 6.46. The second-order valence-corrected chi connectivity index (χ2v) is 4.50. The normalized spacial score (nSPS) is 10.7. The van der Waals surface area contributed by atoms with Crippen LogP contribution in [0.5, 0.6) is 5.75 Å². The fraction of sp³-hybridized carbons (Fsp3) is 0.250. The molecule has 1 heterocycles. The van der Waals surface area contributed by atoms with Gasteiger partial charge in [-0.1, -0.05) is 23.2 Å². The van der Waals surface area contributed by atoms with E-state index in [1.807, 2.05) is 0 Å². The first-order valence-electron chi connectivity index (χ1n) is 5.13. The Kier molecular flexibility index (Phi) is 3.41. The van der Waals surface area contributed by atoms with Crippen LogP contribution in [0.2, 0.25) is 10.0 Å². The minimum absolute atomic E-state index is 0.324. The molecule has 1 N–H and O–H groups in total. The molecule has 1 aromatic heterocycles. The lowest BCUT2D eigenvalue weighted by Gasteiger charge is -2.05. The first-order valence-corrected chi connectivity index (χ1v) is 5.89. The Hall–Kier alpha value is -1.39. The van der Waals surface area contributed by atoms with Crippen LogP contribution in [0, 0.1) is 6.92 Å². The Morgan fingerprint density at radius 2 is 1.94 bits per heavy atom. The van der Waals surface area contributed by atoms with E-state index in [2.05, 4.69) is 4.98 Å². The van der Waals surface area contributed by atoms with E-state index in [1.54, 1.807) is 13.0 Å². The van der Waals surface area contributed by atoms with Crippen molar-refractivity contribution in [3.63, 3.8) is 0 Å². The first kappa shape index (κ1) is 13.1. The van der Waals surface area contributed by atoms with Crippen molar-refractivity contribution in [2.45, 2.75) is 6.92 Å². The highest BCUT2D eigenvalue weighted by Gasteiger charge is 2.20. The van der Waals surface area contributed by atoms with Crippen LogP contribution in [0.4, 0.5) is 0 Å². The Bertz CT molecular complexity index is 634. The van der Waals surface area contributed by atoms with Crippen LogP contribution in [0.25, 0.3) is 10.9 Å². The molecular formula is C12H11Cl2NO3. The fourth-order valence-corrected chi connectivity index (χ4v) is 2.44. The molecule has 0 aliphatic heterocycles. The number of benzene rings is 1. The van der Waals surface area contributed by atoms with Crippen molar-refractivity contribution < 1.29 is 14.3 Å². The number of carbonyl (C=O) groups excluding carboxylic acids is 1. The summed E-state index contributed by atoms with van der Waals surface area (Å²) in [6.07, 6.45) is 0. The quantitative estimate of drug-likeness (QED) is 0.859. The molecule has 6 heteroatoms. The molecule has 0 fully saturated rings. The van der Waals surface area contributed by atoms with Gasteiger partial charge in [-0.05, 0) is 12.5 Å². The second kappa shape index (κ2) is 4.71. The van der Waals surface area contributed by atoms with Crippen LogP contribution >= 0.6 is 23.2 Å². The number of aryl methyl sites for hydroxylation is 1. The summed E-state index contributed by atoms with van der Waals surface area (Å²) in [6, 6.07) is 1.70. The average Bonchev–Trinajstić information content (AvgIpc) is 2.70. The zero-order valence-corrected chi connectivity index (χ0v) is 11.6. The standard InChI is InChI=1S/C12H11Cl2NO3/c1-5-8-6(15-11(5)12(16)18-3)4-7(17-2)9(13)10(8)14/h4,15H,1-3H3. The summed E-state index contributed by atoms with van der Waals surface area (Å²) in [6.45, 7) is 1.78. The number of aromatic amines is 1. The molecule has 0 bridgehead atoms. The second-order valence-electron chi connectivity index (χ2n) is 3.75. The van der Waals surface area contributed by atoms with Gasteiger partial charge in [0.1, 0.15) is 16.5 Å². The average molecular weight is 288 g/mol. The highest BCUT2D eigenvalue weighted by Crippen LogP contribution is 2.40. The molecule has 0 unspecified atom stereocenters. The number of hydrogen-bond acceptors (Lipinski definition) is 3. The zero-order chi connectivity index (χ0) is 13.4. The Labute approximate surface area is 114 Å². The van der Waals surface area contributed by atoms with Gasteiger partial charge in [-0.25, -0.2) is 4.79 Å². The minimum atomic E-state index is -0.449. The number of ether oxygens (including phenoxy) is 2. The predicted molar refractivity (Wildman–Crippen MR) is 70.9 cm³/mol. The maximum absolute atomic E-state index is 11.6. The van der Waals surface area contributed by atoms with Crippen LogP contribution in [0.15, 0.2) is 6.07 Å². The van der Waals surface area contributed by atoms with Gasteiger partial charge in [0.25, 0.3) is 0 Å². The van der Waals surface area contributed by atoms with E-state index in [0.29, 0.717) is 38.0 Å². The van der Waals surface area contributed by atoms with Crippen molar-refractivity contribution in [3.8, 4) is 5.75 Å². The fourth-order valence-electron chi connectivity index (χ4n) is 1.88. The molecule has 0 spiro atoms. The zero-order valence-electron chi connectivity index (χ0n) is 10.1. The SMILES string of the molecule is COC(=O)c1[nH]c2cc(OC)c(Cl)c(Cl)c2c1C. The van der Waals surface area contributed by atoms with Gasteiger partial charge in [-0.15, -0.1) is 0 Å². The minimum Gasteiger partial charge on any atom is -0.495 e. The van der Waals surface area contributed by atoms with E-state index in [0.717, 1.165) is 0 Å². The van der Waals surface area contributed by atoms with E-state index in [-0.39, 0.29) is 0 Å². The molecule has 0 saturated heterocycles. The third kappa shape index (κ3) is 1.82. The van der Waals surface area contributed by atoms with Crippen molar-refractivity contribution >= 4 is 40.1 Å². The summed E-state index contributed by atoms with van der Waals surface area (Å²) < 4.78 is 9.81. The van der Waals surface area contributed by atoms with Crippen LogP contribution in [0.3, 0.4) is 0 Å². The van der Waals surface area contributed by atoms with E-state index < -0.39 is 5.97 Å². The number of hydrogen-bond donors (Lipinski definition) is 1. The number of methoxy groups -OCH3 is 2. The molecule has 1 aromatic carbocycles. The van der Waals surface area contributed by atoms with Crippen LogP contribution < -0.4 is 4.74 Å². The third-order valence-corrected chi connectivity index (χ3v) is 3.64. The molecular weight excluding hydrogens is 277 g/mol. The summed E-state index contributed by atoms with van der Waals surface area (Å²) in [5, 5.41) is 1.38. The van der Waals surface area contributed by atoms with Crippen LogP contribution in [-0.4, -0.2) is 25.2 Å². The molecule has 4 nitrogen and oxygen atoms in total. The van der Waals surface area contributed by atoms with Crippen LogP contribution in [0.1, 0.15) is 16.1 Å². The van der Waals surface area contributed by atoms with Gasteiger partial charge in [0.2, 0.25) is 0 Å². The predicted octanol–water partition coefficient (Wildman–Crippen LogP) is 3.58. The maximum atomic E-state index is 11.6. The molecule has 18 heavy (non-hydrogen) atoms. The lowest BCUT2D eigenvalue weighted by atomic mass is 10.1. The van der Waals surface area contributed by atoms with Gasteiger partial charge in [-0.3, -0.25) is 0 Å². The molecule has 2 aromatic rings. The van der Waals surface area contributed by atoms with Gasteiger partial charge in [0.15, 0.2) is 0 Å². The van der Waals surface area contributed by atoms with Crippen molar-refractivity contribution in [2.24, 2.45) is 0 Å². The molecule has 96 valence electrons. The summed E-state index contributed by atoms with van der Waals surface area (Å²) in [7, 11) is 2.82. The summed E-state index contributed by atoms with van der Waals surface area (Å²) in [4.78, 5) is 14.6.